The predicted molar refractivity (Wildman–Crippen MR) is 55.1 cm³/mol. The first kappa shape index (κ1) is 10.1. The van der Waals surface area contributed by atoms with Crippen molar-refractivity contribution in [1.29, 1.82) is 0 Å². The van der Waals surface area contributed by atoms with Gasteiger partial charge in [-0.05, 0) is 32.4 Å². The molecule has 0 radical (unpaired) electrons. The molecule has 0 spiro atoms. The lowest BCUT2D eigenvalue weighted by molar-refractivity contribution is 0.116. The van der Waals surface area contributed by atoms with Crippen molar-refractivity contribution >= 4 is 0 Å². The molecule has 0 saturated carbocycles. The SMILES string of the molecule is CO[C@@H]1C(CCC(C)O)=C[C@@H]2[C@H]1N2C. The van der Waals surface area contributed by atoms with Gasteiger partial charge in [-0.25, -0.2) is 0 Å². The van der Waals surface area contributed by atoms with Crippen LogP contribution in [0.3, 0.4) is 0 Å². The van der Waals surface area contributed by atoms with Crippen molar-refractivity contribution in [2.45, 2.75) is 44.1 Å². The van der Waals surface area contributed by atoms with Crippen LogP contribution in [0.5, 0.6) is 0 Å². The summed E-state index contributed by atoms with van der Waals surface area (Å²) in [5, 5.41) is 9.22. The average Bonchev–Trinajstić information content (AvgIpc) is 2.64. The maximum atomic E-state index is 9.22. The van der Waals surface area contributed by atoms with E-state index >= 15 is 0 Å². The first-order chi connectivity index (χ1) is 6.65. The molecule has 2 rings (SSSR count). The van der Waals surface area contributed by atoms with Crippen molar-refractivity contribution in [2.75, 3.05) is 14.2 Å². The fourth-order valence-electron chi connectivity index (χ4n) is 2.42. The molecule has 1 saturated heterocycles. The monoisotopic (exact) mass is 197 g/mol. The van der Waals surface area contributed by atoms with E-state index in [-0.39, 0.29) is 12.2 Å². The van der Waals surface area contributed by atoms with Crippen molar-refractivity contribution in [3.8, 4) is 0 Å². The van der Waals surface area contributed by atoms with Crippen molar-refractivity contribution in [2.24, 2.45) is 0 Å². The van der Waals surface area contributed by atoms with Crippen molar-refractivity contribution < 1.29 is 9.84 Å². The van der Waals surface area contributed by atoms with Gasteiger partial charge >= 0.3 is 0 Å². The minimum atomic E-state index is -0.205. The lowest BCUT2D eigenvalue weighted by atomic mass is 10.0. The maximum Gasteiger partial charge on any atom is 0.0955 e. The molecule has 14 heavy (non-hydrogen) atoms. The van der Waals surface area contributed by atoms with Crippen LogP contribution in [-0.4, -0.2) is 48.5 Å². The molecule has 80 valence electrons. The summed E-state index contributed by atoms with van der Waals surface area (Å²) in [7, 11) is 3.90. The number of nitrogens with zero attached hydrogens (tertiary/aromatic N) is 1. The van der Waals surface area contributed by atoms with Gasteiger partial charge in [-0.15, -0.1) is 0 Å². The van der Waals surface area contributed by atoms with Gasteiger partial charge in [0.2, 0.25) is 0 Å². The Morgan fingerprint density at radius 1 is 1.64 bits per heavy atom. The van der Waals surface area contributed by atoms with E-state index in [1.165, 1.54) is 5.57 Å². The number of aliphatic hydroxyl groups is 1. The van der Waals surface area contributed by atoms with Gasteiger partial charge in [0.1, 0.15) is 0 Å². The molecule has 5 atom stereocenters. The minimum Gasteiger partial charge on any atom is -0.393 e. The summed E-state index contributed by atoms with van der Waals surface area (Å²) in [5.74, 6) is 0. The van der Waals surface area contributed by atoms with Crippen LogP contribution in [0.2, 0.25) is 0 Å². The number of hydrogen-bond donors (Lipinski definition) is 1. The summed E-state index contributed by atoms with van der Waals surface area (Å²) in [4.78, 5) is 2.32. The van der Waals surface area contributed by atoms with Gasteiger partial charge in [-0.2, -0.15) is 0 Å². The second-order valence-electron chi connectivity index (χ2n) is 4.43. The summed E-state index contributed by atoms with van der Waals surface area (Å²) in [6, 6.07) is 1.17. The van der Waals surface area contributed by atoms with Crippen molar-refractivity contribution in [1.82, 2.24) is 4.90 Å². The van der Waals surface area contributed by atoms with Gasteiger partial charge in [0.05, 0.1) is 18.2 Å². The van der Waals surface area contributed by atoms with Gasteiger partial charge in [0.25, 0.3) is 0 Å². The molecule has 0 aromatic carbocycles. The minimum absolute atomic E-state index is 0.205. The third-order valence-corrected chi connectivity index (χ3v) is 3.37. The van der Waals surface area contributed by atoms with Crippen LogP contribution in [0, 0.1) is 0 Å². The zero-order chi connectivity index (χ0) is 10.3. The number of rotatable bonds is 4. The molecule has 1 aliphatic heterocycles. The Kier molecular flexibility index (Phi) is 2.64. The number of fused-ring (bicyclic) bond motifs is 1. The fraction of sp³-hybridized carbons (Fsp3) is 0.818. The highest BCUT2D eigenvalue weighted by Gasteiger charge is 2.53. The van der Waals surface area contributed by atoms with E-state index < -0.39 is 0 Å². The number of likely N-dealkylation sites (N-methyl/N-ethyl adjacent to an activating group) is 1. The molecular weight excluding hydrogens is 178 g/mol. The second kappa shape index (κ2) is 3.65. The zero-order valence-corrected chi connectivity index (χ0v) is 9.10. The highest BCUT2D eigenvalue weighted by molar-refractivity contribution is 5.34. The normalized spacial score (nSPS) is 41.9. The maximum absolute atomic E-state index is 9.22. The fourth-order valence-corrected chi connectivity index (χ4v) is 2.42. The molecule has 1 heterocycles. The van der Waals surface area contributed by atoms with E-state index in [0.717, 1.165) is 12.8 Å². The van der Waals surface area contributed by atoms with E-state index in [2.05, 4.69) is 18.0 Å². The van der Waals surface area contributed by atoms with Crippen LogP contribution >= 0.6 is 0 Å². The second-order valence-corrected chi connectivity index (χ2v) is 4.43. The molecule has 0 bridgehead atoms. The molecule has 1 aliphatic carbocycles. The Morgan fingerprint density at radius 3 is 2.93 bits per heavy atom. The smallest absolute Gasteiger partial charge is 0.0955 e. The molecular formula is C11H19NO2. The molecule has 0 aromatic rings. The molecule has 0 aromatic heterocycles. The standard InChI is InChI=1S/C11H19NO2/c1-7(13)4-5-8-6-9-10(12(9)2)11(8)14-3/h6-7,9-11,13H,4-5H2,1-3H3/t7?,9-,10-,11-,12?/m1/s1. The Labute approximate surface area is 85.4 Å². The first-order valence-electron chi connectivity index (χ1n) is 5.28. The molecule has 3 heteroatoms. The summed E-state index contributed by atoms with van der Waals surface area (Å²) in [5.41, 5.74) is 1.38. The molecule has 1 N–H and O–H groups in total. The van der Waals surface area contributed by atoms with Crippen molar-refractivity contribution in [3.05, 3.63) is 11.6 Å². The molecule has 2 aliphatic rings. The van der Waals surface area contributed by atoms with E-state index in [4.69, 9.17) is 4.74 Å². The largest absolute Gasteiger partial charge is 0.393 e. The van der Waals surface area contributed by atoms with Crippen LogP contribution in [-0.2, 0) is 4.74 Å². The quantitative estimate of drug-likeness (QED) is 0.534. The highest BCUT2D eigenvalue weighted by atomic mass is 16.5. The van der Waals surface area contributed by atoms with Crippen LogP contribution in [0.15, 0.2) is 11.6 Å². The van der Waals surface area contributed by atoms with Gasteiger partial charge in [0.15, 0.2) is 0 Å². The molecule has 0 amide bonds. The van der Waals surface area contributed by atoms with Crippen molar-refractivity contribution in [3.63, 3.8) is 0 Å². The highest BCUT2D eigenvalue weighted by Crippen LogP contribution is 2.42. The summed E-state index contributed by atoms with van der Waals surface area (Å²) in [6.45, 7) is 1.84. The number of ether oxygens (including phenoxy) is 1. The van der Waals surface area contributed by atoms with Gasteiger partial charge in [-0.3, -0.25) is 4.90 Å². The van der Waals surface area contributed by atoms with E-state index in [1.54, 1.807) is 7.11 Å². The van der Waals surface area contributed by atoms with Gasteiger partial charge < -0.3 is 9.84 Å². The summed E-state index contributed by atoms with van der Waals surface area (Å²) in [6.07, 6.45) is 4.18. The third-order valence-electron chi connectivity index (χ3n) is 3.37. The third kappa shape index (κ3) is 1.60. The van der Waals surface area contributed by atoms with E-state index in [9.17, 15) is 5.11 Å². The molecule has 2 unspecified atom stereocenters. The first-order valence-corrected chi connectivity index (χ1v) is 5.28. The van der Waals surface area contributed by atoms with E-state index in [1.807, 2.05) is 6.92 Å². The van der Waals surface area contributed by atoms with Crippen LogP contribution in [0.25, 0.3) is 0 Å². The Morgan fingerprint density at radius 2 is 2.36 bits per heavy atom. The lowest BCUT2D eigenvalue weighted by Gasteiger charge is -2.17. The molecule has 3 nitrogen and oxygen atoms in total. The lowest BCUT2D eigenvalue weighted by Crippen LogP contribution is -2.22. The number of hydrogen-bond acceptors (Lipinski definition) is 3. The van der Waals surface area contributed by atoms with Crippen LogP contribution in [0.4, 0.5) is 0 Å². The van der Waals surface area contributed by atoms with Crippen LogP contribution < -0.4 is 0 Å². The summed E-state index contributed by atoms with van der Waals surface area (Å²) >= 11 is 0. The van der Waals surface area contributed by atoms with Crippen LogP contribution in [0.1, 0.15) is 19.8 Å². The predicted octanol–water partition coefficient (Wildman–Crippen LogP) is 0.785. The Balaban J connectivity index is 1.92. The topological polar surface area (TPSA) is 32.5 Å². The van der Waals surface area contributed by atoms with Gasteiger partial charge in [0, 0.05) is 13.2 Å². The average molecular weight is 197 g/mol. The van der Waals surface area contributed by atoms with E-state index in [0.29, 0.717) is 12.1 Å². The number of methoxy groups -OCH3 is 1. The molecule has 1 fully saturated rings. The zero-order valence-electron chi connectivity index (χ0n) is 9.10. The van der Waals surface area contributed by atoms with Gasteiger partial charge in [-0.1, -0.05) is 6.08 Å². The summed E-state index contributed by atoms with van der Waals surface area (Å²) < 4.78 is 5.49. The Hall–Kier alpha value is -0.380. The Bertz CT molecular complexity index is 250. The number of aliphatic hydroxyl groups excluding tert-OH is 1.